The first-order chi connectivity index (χ1) is 10.8. The van der Waals surface area contributed by atoms with Gasteiger partial charge in [-0.05, 0) is 33.3 Å². The number of Topliss-reactive ketones (excluding diaryl/α,β-unsaturated/α-hetero) is 1. The van der Waals surface area contributed by atoms with E-state index in [1.165, 1.54) is 0 Å². The molecule has 0 aliphatic rings. The molecule has 0 spiro atoms. The van der Waals surface area contributed by atoms with E-state index in [1.54, 1.807) is 30.5 Å². The lowest BCUT2D eigenvalue weighted by molar-refractivity contribution is -0.128. The van der Waals surface area contributed by atoms with Crippen LogP contribution in [0.2, 0.25) is 0 Å². The Morgan fingerprint density at radius 1 is 1.17 bits per heavy atom. The van der Waals surface area contributed by atoms with Crippen molar-refractivity contribution in [2.75, 3.05) is 0 Å². The van der Waals surface area contributed by atoms with Crippen molar-refractivity contribution in [3.8, 4) is 0 Å². The molecule has 0 bridgehead atoms. The average Bonchev–Trinajstić information content (AvgIpc) is 2.77. The summed E-state index contributed by atoms with van der Waals surface area (Å²) < 4.78 is 1.63. The number of ketones is 1. The van der Waals surface area contributed by atoms with E-state index in [2.05, 4.69) is 5.10 Å². The highest BCUT2D eigenvalue weighted by molar-refractivity contribution is 6.43. The van der Waals surface area contributed by atoms with E-state index in [4.69, 9.17) is 0 Å². The smallest absolute Gasteiger partial charge is 0.295 e. The lowest BCUT2D eigenvalue weighted by Gasteiger charge is -2.26. The largest absolute Gasteiger partial charge is 0.329 e. The summed E-state index contributed by atoms with van der Waals surface area (Å²) in [7, 11) is 1.77. The van der Waals surface area contributed by atoms with Crippen LogP contribution in [0.5, 0.6) is 0 Å². The molecular weight excluding hydrogens is 290 g/mol. The molecule has 0 radical (unpaired) electrons. The quantitative estimate of drug-likeness (QED) is 0.630. The summed E-state index contributed by atoms with van der Waals surface area (Å²) in [5, 5.41) is 4.23. The molecule has 0 atom stereocenters. The lowest BCUT2D eigenvalue weighted by Crippen LogP contribution is -2.41. The minimum atomic E-state index is -0.488. The summed E-state index contributed by atoms with van der Waals surface area (Å²) >= 11 is 0. The van der Waals surface area contributed by atoms with Gasteiger partial charge in [0, 0.05) is 25.3 Å². The van der Waals surface area contributed by atoms with Crippen LogP contribution in [0, 0.1) is 13.8 Å². The molecule has 0 fully saturated rings. The summed E-state index contributed by atoms with van der Waals surface area (Å²) in [6, 6.07) is 9.62. The van der Waals surface area contributed by atoms with Crippen molar-refractivity contribution in [3.05, 3.63) is 52.8 Å². The number of rotatable bonds is 5. The summed E-state index contributed by atoms with van der Waals surface area (Å²) in [6.07, 6.45) is 0. The van der Waals surface area contributed by atoms with Gasteiger partial charge in [0.15, 0.2) is 0 Å². The van der Waals surface area contributed by atoms with E-state index in [0.29, 0.717) is 23.5 Å². The zero-order chi connectivity index (χ0) is 17.1. The van der Waals surface area contributed by atoms with E-state index >= 15 is 0 Å². The molecule has 2 aromatic rings. The second-order valence-electron chi connectivity index (χ2n) is 6.01. The summed E-state index contributed by atoms with van der Waals surface area (Å²) in [5.74, 6) is -0.971. The molecule has 122 valence electrons. The van der Waals surface area contributed by atoms with Crippen molar-refractivity contribution in [1.29, 1.82) is 0 Å². The molecule has 1 amide bonds. The van der Waals surface area contributed by atoms with Crippen LogP contribution < -0.4 is 0 Å². The molecule has 0 saturated carbocycles. The number of aromatic nitrogens is 2. The maximum absolute atomic E-state index is 12.7. The second kappa shape index (κ2) is 6.77. The van der Waals surface area contributed by atoms with Gasteiger partial charge in [-0.3, -0.25) is 14.3 Å². The normalized spacial score (nSPS) is 10.9. The lowest BCUT2D eigenvalue weighted by atomic mass is 10.1. The van der Waals surface area contributed by atoms with Crippen LogP contribution in [0.15, 0.2) is 30.3 Å². The van der Waals surface area contributed by atoms with E-state index < -0.39 is 11.7 Å². The molecule has 1 aromatic heterocycles. The van der Waals surface area contributed by atoms with Crippen LogP contribution in [0.1, 0.15) is 41.2 Å². The van der Waals surface area contributed by atoms with Crippen molar-refractivity contribution >= 4 is 11.7 Å². The minimum absolute atomic E-state index is 0.0658. The van der Waals surface area contributed by atoms with E-state index in [1.807, 2.05) is 44.2 Å². The fraction of sp³-hybridized carbons (Fsp3) is 0.389. The first-order valence-corrected chi connectivity index (χ1v) is 7.72. The predicted octanol–water partition coefficient (Wildman–Crippen LogP) is 2.66. The Morgan fingerprint density at radius 2 is 1.78 bits per heavy atom. The number of nitrogens with zero attached hydrogens (tertiary/aromatic N) is 3. The average molecular weight is 313 g/mol. The zero-order valence-corrected chi connectivity index (χ0v) is 14.3. The molecule has 1 heterocycles. The van der Waals surface area contributed by atoms with Gasteiger partial charge in [0.25, 0.3) is 11.7 Å². The standard InChI is InChI=1S/C18H23N3O2/c1-12(2)21(11-15-9-7-6-8-10-15)18(23)17(22)16-13(3)19-20(5)14(16)4/h6-10,12H,11H2,1-5H3. The highest BCUT2D eigenvalue weighted by Crippen LogP contribution is 2.16. The van der Waals surface area contributed by atoms with Crippen molar-refractivity contribution in [2.45, 2.75) is 40.3 Å². The third-order valence-corrected chi connectivity index (χ3v) is 4.01. The third kappa shape index (κ3) is 3.50. The first kappa shape index (κ1) is 16.9. The van der Waals surface area contributed by atoms with Crippen LogP contribution in [0.3, 0.4) is 0 Å². The van der Waals surface area contributed by atoms with Gasteiger partial charge in [-0.2, -0.15) is 5.10 Å². The van der Waals surface area contributed by atoms with Crippen LogP contribution in [0.25, 0.3) is 0 Å². The molecule has 0 N–H and O–H groups in total. The highest BCUT2D eigenvalue weighted by atomic mass is 16.2. The fourth-order valence-electron chi connectivity index (χ4n) is 2.61. The van der Waals surface area contributed by atoms with Crippen molar-refractivity contribution in [1.82, 2.24) is 14.7 Å². The number of benzene rings is 1. The van der Waals surface area contributed by atoms with Gasteiger partial charge in [0.2, 0.25) is 0 Å². The van der Waals surface area contributed by atoms with Crippen LogP contribution in [-0.2, 0) is 18.4 Å². The third-order valence-electron chi connectivity index (χ3n) is 4.01. The number of carbonyl (C=O) groups excluding carboxylic acids is 2. The summed E-state index contributed by atoms with van der Waals surface area (Å²) in [6.45, 7) is 7.80. The van der Waals surface area contributed by atoms with Gasteiger partial charge in [-0.1, -0.05) is 30.3 Å². The van der Waals surface area contributed by atoms with Gasteiger partial charge in [-0.25, -0.2) is 0 Å². The number of aryl methyl sites for hydroxylation is 2. The Morgan fingerprint density at radius 3 is 2.26 bits per heavy atom. The number of hydrogen-bond acceptors (Lipinski definition) is 3. The zero-order valence-electron chi connectivity index (χ0n) is 14.3. The van der Waals surface area contributed by atoms with Gasteiger partial charge in [0.1, 0.15) is 0 Å². The fourth-order valence-corrected chi connectivity index (χ4v) is 2.61. The molecule has 2 rings (SSSR count). The maximum atomic E-state index is 12.7. The SMILES string of the molecule is Cc1nn(C)c(C)c1C(=O)C(=O)N(Cc1ccccc1)C(C)C. The monoisotopic (exact) mass is 313 g/mol. The molecule has 5 heteroatoms. The number of amides is 1. The second-order valence-corrected chi connectivity index (χ2v) is 6.01. The molecule has 0 unspecified atom stereocenters. The Labute approximate surface area is 136 Å². The Bertz CT molecular complexity index is 717. The maximum Gasteiger partial charge on any atom is 0.295 e. The molecule has 0 aliphatic heterocycles. The molecule has 23 heavy (non-hydrogen) atoms. The van der Waals surface area contributed by atoms with E-state index in [-0.39, 0.29) is 6.04 Å². The molecule has 0 aliphatic carbocycles. The van der Waals surface area contributed by atoms with Crippen LogP contribution in [-0.4, -0.2) is 32.4 Å². The highest BCUT2D eigenvalue weighted by Gasteiger charge is 2.29. The molecule has 1 aromatic carbocycles. The molecule has 0 saturated heterocycles. The number of hydrogen-bond donors (Lipinski definition) is 0. The summed E-state index contributed by atoms with van der Waals surface area (Å²) in [4.78, 5) is 27.0. The molecule has 5 nitrogen and oxygen atoms in total. The van der Waals surface area contributed by atoms with Crippen molar-refractivity contribution in [2.24, 2.45) is 7.05 Å². The van der Waals surface area contributed by atoms with Crippen LogP contribution >= 0.6 is 0 Å². The van der Waals surface area contributed by atoms with Gasteiger partial charge >= 0.3 is 0 Å². The topological polar surface area (TPSA) is 55.2 Å². The van der Waals surface area contributed by atoms with Crippen LogP contribution in [0.4, 0.5) is 0 Å². The Balaban J connectivity index is 2.29. The van der Waals surface area contributed by atoms with E-state index in [0.717, 1.165) is 5.56 Å². The Kier molecular flexibility index (Phi) is 4.98. The van der Waals surface area contributed by atoms with Gasteiger partial charge in [0.05, 0.1) is 11.3 Å². The minimum Gasteiger partial charge on any atom is -0.329 e. The Hall–Kier alpha value is -2.43. The number of carbonyl (C=O) groups is 2. The van der Waals surface area contributed by atoms with Crippen molar-refractivity contribution in [3.63, 3.8) is 0 Å². The van der Waals surface area contributed by atoms with Crippen molar-refractivity contribution < 1.29 is 9.59 Å². The van der Waals surface area contributed by atoms with Gasteiger partial charge in [-0.15, -0.1) is 0 Å². The van der Waals surface area contributed by atoms with Gasteiger partial charge < -0.3 is 4.90 Å². The molecular formula is C18H23N3O2. The van der Waals surface area contributed by atoms with E-state index in [9.17, 15) is 9.59 Å². The summed E-state index contributed by atoms with van der Waals surface area (Å²) in [5.41, 5.74) is 2.72. The first-order valence-electron chi connectivity index (χ1n) is 7.72. The predicted molar refractivity (Wildman–Crippen MR) is 89.1 cm³/mol.